The van der Waals surface area contributed by atoms with Crippen molar-refractivity contribution in [1.82, 2.24) is 10.2 Å². The highest BCUT2D eigenvalue weighted by atomic mass is 16.7. The van der Waals surface area contributed by atoms with E-state index in [-0.39, 0.29) is 18.7 Å². The van der Waals surface area contributed by atoms with Crippen molar-refractivity contribution in [2.75, 3.05) is 20.7 Å². The van der Waals surface area contributed by atoms with Gasteiger partial charge in [-0.25, -0.2) is 0 Å². The molecule has 2 aliphatic rings. The van der Waals surface area contributed by atoms with Gasteiger partial charge in [-0.3, -0.25) is 9.59 Å². The first-order valence-corrected chi connectivity index (χ1v) is 10.0. The number of hydrogen-bond donors (Lipinski definition) is 6. The van der Waals surface area contributed by atoms with E-state index in [1.54, 1.807) is 0 Å². The normalized spacial score (nSPS) is 40.5. The van der Waals surface area contributed by atoms with Gasteiger partial charge in [0, 0.05) is 20.2 Å². The number of rotatable bonds is 8. The molecule has 9 N–H and O–H groups in total. The van der Waals surface area contributed by atoms with Crippen molar-refractivity contribution in [2.45, 2.75) is 80.7 Å². The molecule has 1 aliphatic heterocycles. The molecule has 12 heteroatoms. The molecule has 2 fully saturated rings. The van der Waals surface area contributed by atoms with Crippen LogP contribution in [-0.2, 0) is 23.8 Å². The van der Waals surface area contributed by atoms with Crippen molar-refractivity contribution in [1.29, 1.82) is 0 Å². The second-order valence-electron chi connectivity index (χ2n) is 8.00. The van der Waals surface area contributed by atoms with Gasteiger partial charge >= 0.3 is 0 Å². The zero-order valence-corrected chi connectivity index (χ0v) is 17.6. The number of likely N-dealkylation sites (N-methyl/N-ethyl adjacent to an activating group) is 1. The lowest BCUT2D eigenvalue weighted by atomic mass is 9.80. The van der Waals surface area contributed by atoms with Gasteiger partial charge < -0.3 is 51.8 Å². The zero-order chi connectivity index (χ0) is 22.6. The van der Waals surface area contributed by atoms with Crippen molar-refractivity contribution < 1.29 is 34.0 Å². The summed E-state index contributed by atoms with van der Waals surface area (Å²) >= 11 is 0. The van der Waals surface area contributed by atoms with Gasteiger partial charge in [0.15, 0.2) is 6.29 Å². The van der Waals surface area contributed by atoms with E-state index in [4.69, 9.17) is 31.4 Å². The molecule has 1 heterocycles. The predicted molar refractivity (Wildman–Crippen MR) is 106 cm³/mol. The number of methoxy groups -OCH3 is 1. The highest BCUT2D eigenvalue weighted by Crippen LogP contribution is 2.31. The van der Waals surface area contributed by atoms with Gasteiger partial charge in [-0.2, -0.15) is 0 Å². The number of carbonyl (C=O) groups excluding carboxylic acids is 2. The smallest absolute Gasteiger partial charge is 0.242 e. The summed E-state index contributed by atoms with van der Waals surface area (Å²) in [5, 5.41) is 24.0. The van der Waals surface area contributed by atoms with E-state index in [2.05, 4.69) is 5.32 Å². The summed E-state index contributed by atoms with van der Waals surface area (Å²) in [5.74, 6) is -0.489. The van der Waals surface area contributed by atoms with Crippen LogP contribution in [-0.4, -0.2) is 109 Å². The van der Waals surface area contributed by atoms with E-state index >= 15 is 0 Å². The van der Waals surface area contributed by atoms with E-state index < -0.39 is 54.7 Å². The average Bonchev–Trinajstić information content (AvgIpc) is 2.72. The maximum Gasteiger partial charge on any atom is 0.242 e. The van der Waals surface area contributed by atoms with Crippen molar-refractivity contribution >= 4 is 12.3 Å². The molecule has 2 amide bonds. The van der Waals surface area contributed by atoms with Gasteiger partial charge in [-0.1, -0.05) is 0 Å². The largest absolute Gasteiger partial charge is 0.389 e. The van der Waals surface area contributed by atoms with Crippen LogP contribution >= 0.6 is 0 Å². The Morgan fingerprint density at radius 1 is 1.30 bits per heavy atom. The minimum absolute atomic E-state index is 0.237. The van der Waals surface area contributed by atoms with E-state index in [9.17, 15) is 19.8 Å². The monoisotopic (exact) mass is 433 g/mol. The van der Waals surface area contributed by atoms with Crippen LogP contribution in [0.1, 0.15) is 19.8 Å². The molecule has 0 spiro atoms. The van der Waals surface area contributed by atoms with Crippen LogP contribution < -0.4 is 22.5 Å². The second kappa shape index (κ2) is 10.8. The Morgan fingerprint density at radius 2 is 1.97 bits per heavy atom. The predicted octanol–water partition coefficient (Wildman–Crippen LogP) is -3.80. The SMILES string of the molecule is COC1C(O)C(N)C(OC2OC(C(C)N)CCC2N)C(O)C1N(C)C(=O)CNC=O. The summed E-state index contributed by atoms with van der Waals surface area (Å²) in [7, 11) is 2.78. The third-order valence-corrected chi connectivity index (χ3v) is 5.90. The zero-order valence-electron chi connectivity index (χ0n) is 17.6. The third-order valence-electron chi connectivity index (χ3n) is 5.90. The minimum Gasteiger partial charge on any atom is -0.389 e. The highest BCUT2D eigenvalue weighted by Gasteiger charge is 2.53. The molecule has 0 aromatic heterocycles. The Morgan fingerprint density at radius 3 is 2.53 bits per heavy atom. The highest BCUT2D eigenvalue weighted by molar-refractivity contribution is 5.80. The fourth-order valence-corrected chi connectivity index (χ4v) is 4.06. The maximum absolute atomic E-state index is 12.4. The lowest BCUT2D eigenvalue weighted by Gasteiger charge is -2.50. The molecule has 12 nitrogen and oxygen atoms in total. The topological polar surface area (TPSA) is 196 Å². The third kappa shape index (κ3) is 5.26. The van der Waals surface area contributed by atoms with Crippen LogP contribution in [0.2, 0.25) is 0 Å². The maximum atomic E-state index is 12.4. The van der Waals surface area contributed by atoms with Crippen LogP contribution in [0.4, 0.5) is 0 Å². The number of hydrogen-bond acceptors (Lipinski definition) is 10. The van der Waals surface area contributed by atoms with Gasteiger partial charge in [0.05, 0.1) is 36.9 Å². The molecule has 174 valence electrons. The van der Waals surface area contributed by atoms with Crippen molar-refractivity contribution in [3.8, 4) is 0 Å². The van der Waals surface area contributed by atoms with Gasteiger partial charge in [-0.15, -0.1) is 0 Å². The number of nitrogens with zero attached hydrogens (tertiary/aromatic N) is 1. The molecular formula is C18H35N5O7. The van der Waals surface area contributed by atoms with E-state index in [0.717, 1.165) is 0 Å². The van der Waals surface area contributed by atoms with Gasteiger partial charge in [0.25, 0.3) is 0 Å². The summed E-state index contributed by atoms with van der Waals surface area (Å²) in [5.41, 5.74) is 18.2. The first-order valence-electron chi connectivity index (χ1n) is 10.0. The lowest BCUT2D eigenvalue weighted by molar-refractivity contribution is -0.267. The molecule has 2 rings (SSSR count). The molecule has 10 unspecified atom stereocenters. The average molecular weight is 434 g/mol. The molecule has 0 bridgehead atoms. The molecule has 1 saturated heterocycles. The Hall–Kier alpha value is -1.38. The number of ether oxygens (including phenoxy) is 3. The lowest BCUT2D eigenvalue weighted by Crippen LogP contribution is -2.72. The van der Waals surface area contributed by atoms with E-state index in [0.29, 0.717) is 19.3 Å². The summed E-state index contributed by atoms with van der Waals surface area (Å²) < 4.78 is 17.2. The number of nitrogens with one attached hydrogen (secondary N) is 1. The first-order chi connectivity index (χ1) is 14.1. The van der Waals surface area contributed by atoms with Gasteiger partial charge in [0.1, 0.15) is 18.3 Å². The Bertz CT molecular complexity index is 583. The Labute approximate surface area is 176 Å². The fraction of sp³-hybridized carbons (Fsp3) is 0.889. The molecule has 1 aliphatic carbocycles. The van der Waals surface area contributed by atoms with Crippen molar-refractivity contribution in [3.05, 3.63) is 0 Å². The minimum atomic E-state index is -1.31. The van der Waals surface area contributed by atoms with Gasteiger partial charge in [0.2, 0.25) is 12.3 Å². The molecule has 0 aromatic rings. The summed E-state index contributed by atoms with van der Waals surface area (Å²) in [6.07, 6.45) is -4.09. The van der Waals surface area contributed by atoms with Crippen LogP contribution in [0.15, 0.2) is 0 Å². The summed E-state index contributed by atoms with van der Waals surface area (Å²) in [4.78, 5) is 24.1. The van der Waals surface area contributed by atoms with Crippen LogP contribution in [0.3, 0.4) is 0 Å². The molecule has 30 heavy (non-hydrogen) atoms. The van der Waals surface area contributed by atoms with Crippen LogP contribution in [0.5, 0.6) is 0 Å². The van der Waals surface area contributed by atoms with Crippen LogP contribution in [0, 0.1) is 0 Å². The van der Waals surface area contributed by atoms with Crippen molar-refractivity contribution in [2.24, 2.45) is 17.2 Å². The Balaban J connectivity index is 2.22. The molecular weight excluding hydrogens is 398 g/mol. The van der Waals surface area contributed by atoms with E-state index in [1.807, 2.05) is 6.92 Å². The Kier molecular flexibility index (Phi) is 8.94. The molecule has 10 atom stereocenters. The van der Waals surface area contributed by atoms with E-state index in [1.165, 1.54) is 19.1 Å². The summed E-state index contributed by atoms with van der Waals surface area (Å²) in [6.45, 7) is 1.54. The fourth-order valence-electron chi connectivity index (χ4n) is 4.06. The number of aliphatic hydroxyl groups is 2. The number of carbonyl (C=O) groups is 2. The second-order valence-corrected chi connectivity index (χ2v) is 8.00. The number of nitrogens with two attached hydrogens (primary N) is 3. The molecule has 1 saturated carbocycles. The van der Waals surface area contributed by atoms with Gasteiger partial charge in [-0.05, 0) is 19.8 Å². The van der Waals surface area contributed by atoms with Crippen LogP contribution in [0.25, 0.3) is 0 Å². The number of amides is 2. The molecule has 0 aromatic carbocycles. The van der Waals surface area contributed by atoms with Crippen molar-refractivity contribution in [3.63, 3.8) is 0 Å². The molecule has 0 radical (unpaired) electrons. The quantitative estimate of drug-likeness (QED) is 0.207. The standard InChI is InChI=1S/C18H35N5O7/c1-8(19)10-5-4-9(20)18(29-10)30-16-12(21)14(26)17(28-3)13(15(16)27)23(2)11(25)6-22-7-24/h7-10,12-18,26-27H,4-6,19-21H2,1-3H3,(H,22,24). The number of aliphatic hydroxyl groups excluding tert-OH is 2. The summed E-state index contributed by atoms with van der Waals surface area (Å²) in [6, 6.07) is -2.71. The first kappa shape index (κ1) is 24.9.